The molecule has 0 aromatic heterocycles. The Balaban J connectivity index is 1.60. The second kappa shape index (κ2) is 9.98. The van der Waals surface area contributed by atoms with Crippen LogP contribution in [0.15, 0.2) is 84.5 Å². The van der Waals surface area contributed by atoms with Gasteiger partial charge in [0.1, 0.15) is 11.6 Å². The molecule has 0 radical (unpaired) electrons. The van der Waals surface area contributed by atoms with Gasteiger partial charge in [-0.25, -0.2) is 9.82 Å². The maximum atomic E-state index is 13.0. The van der Waals surface area contributed by atoms with Crippen molar-refractivity contribution in [3.8, 4) is 5.75 Å². The summed E-state index contributed by atoms with van der Waals surface area (Å²) in [6.45, 7) is 3.65. The molecule has 3 rings (SSSR count). The van der Waals surface area contributed by atoms with Crippen LogP contribution in [0, 0.1) is 5.82 Å². The number of anilines is 1. The van der Waals surface area contributed by atoms with Crippen LogP contribution in [0.1, 0.15) is 31.8 Å². The van der Waals surface area contributed by atoms with Gasteiger partial charge in [-0.15, -0.1) is 6.58 Å². The van der Waals surface area contributed by atoms with Gasteiger partial charge in [0.05, 0.1) is 6.21 Å². The van der Waals surface area contributed by atoms with Crippen LogP contribution >= 0.6 is 0 Å². The molecule has 0 spiro atoms. The van der Waals surface area contributed by atoms with E-state index in [4.69, 9.17) is 0 Å². The van der Waals surface area contributed by atoms with E-state index in [1.54, 1.807) is 36.4 Å². The Bertz CT molecular complexity index is 1120. The highest BCUT2D eigenvalue weighted by atomic mass is 19.1. The van der Waals surface area contributed by atoms with Gasteiger partial charge in [-0.1, -0.05) is 18.2 Å². The number of rotatable bonds is 7. The lowest BCUT2D eigenvalue weighted by Crippen LogP contribution is -2.18. The summed E-state index contributed by atoms with van der Waals surface area (Å²) in [4.78, 5) is 24.4. The van der Waals surface area contributed by atoms with Crippen molar-refractivity contribution in [2.45, 2.75) is 6.42 Å². The second-order valence-electron chi connectivity index (χ2n) is 6.59. The minimum atomic E-state index is -0.450. The lowest BCUT2D eigenvalue weighted by molar-refractivity contribution is 0.0954. The Morgan fingerprint density at radius 3 is 2.29 bits per heavy atom. The number of carbonyl (C=O) groups excluding carboxylic acids is 2. The fraction of sp³-hybridized carbons (Fsp3) is 0.0417. The first-order chi connectivity index (χ1) is 15.0. The molecule has 0 aliphatic rings. The van der Waals surface area contributed by atoms with Gasteiger partial charge in [0.25, 0.3) is 11.8 Å². The smallest absolute Gasteiger partial charge is 0.271 e. The number of phenolic OH excluding ortho intramolecular Hbond substituents is 1. The SMILES string of the molecule is C=CCc1cccc(/C=N/NC(=O)c2ccc(NC(=O)c3ccc(F)cc3)cc2)c1O. The third-order valence-corrected chi connectivity index (χ3v) is 4.40. The molecule has 0 bridgehead atoms. The maximum absolute atomic E-state index is 13.0. The number of nitrogens with zero attached hydrogens (tertiary/aromatic N) is 1. The fourth-order valence-electron chi connectivity index (χ4n) is 2.77. The van der Waals surface area contributed by atoms with Gasteiger partial charge in [0.2, 0.25) is 0 Å². The van der Waals surface area contributed by atoms with Crippen molar-refractivity contribution in [2.24, 2.45) is 5.10 Å². The molecule has 3 aromatic carbocycles. The first kappa shape index (κ1) is 21.4. The minimum absolute atomic E-state index is 0.0849. The Morgan fingerprint density at radius 2 is 1.61 bits per heavy atom. The normalized spacial score (nSPS) is 10.6. The van der Waals surface area contributed by atoms with E-state index in [2.05, 4.69) is 22.4 Å². The predicted octanol–water partition coefficient (Wildman–Crippen LogP) is 4.28. The van der Waals surface area contributed by atoms with E-state index in [-0.39, 0.29) is 11.7 Å². The van der Waals surface area contributed by atoms with Crippen molar-refractivity contribution in [2.75, 3.05) is 5.32 Å². The molecule has 156 valence electrons. The zero-order valence-electron chi connectivity index (χ0n) is 16.5. The van der Waals surface area contributed by atoms with E-state index in [0.717, 1.165) is 0 Å². The molecule has 3 N–H and O–H groups in total. The van der Waals surface area contributed by atoms with E-state index >= 15 is 0 Å². The molecule has 0 fully saturated rings. The fourth-order valence-corrected chi connectivity index (χ4v) is 2.77. The Hall–Kier alpha value is -4.26. The van der Waals surface area contributed by atoms with Crippen LogP contribution in [0.2, 0.25) is 0 Å². The topological polar surface area (TPSA) is 90.8 Å². The molecule has 0 saturated heterocycles. The number of hydrogen-bond acceptors (Lipinski definition) is 4. The number of phenols is 1. The average Bonchev–Trinajstić information content (AvgIpc) is 2.77. The van der Waals surface area contributed by atoms with Gasteiger partial charge in [-0.3, -0.25) is 9.59 Å². The quantitative estimate of drug-likeness (QED) is 0.305. The predicted molar refractivity (Wildman–Crippen MR) is 118 cm³/mol. The van der Waals surface area contributed by atoms with Crippen LogP contribution < -0.4 is 10.7 Å². The van der Waals surface area contributed by atoms with Gasteiger partial charge >= 0.3 is 0 Å². The number of aromatic hydroxyl groups is 1. The number of hydrazone groups is 1. The molecule has 0 heterocycles. The maximum Gasteiger partial charge on any atom is 0.271 e. The van der Waals surface area contributed by atoms with Gasteiger partial charge in [0, 0.05) is 22.4 Å². The first-order valence-corrected chi connectivity index (χ1v) is 9.40. The molecule has 3 aromatic rings. The molecule has 0 aliphatic carbocycles. The number of hydrogen-bond donors (Lipinski definition) is 3. The molecule has 0 unspecified atom stereocenters. The second-order valence-corrected chi connectivity index (χ2v) is 6.59. The number of carbonyl (C=O) groups is 2. The molecule has 6 nitrogen and oxygen atoms in total. The van der Waals surface area contributed by atoms with Crippen molar-refractivity contribution in [3.05, 3.63) is 107 Å². The highest BCUT2D eigenvalue weighted by Crippen LogP contribution is 2.21. The van der Waals surface area contributed by atoms with Crippen LogP contribution in [-0.4, -0.2) is 23.1 Å². The Morgan fingerprint density at radius 1 is 0.968 bits per heavy atom. The lowest BCUT2D eigenvalue weighted by atomic mass is 10.1. The van der Waals surface area contributed by atoms with Crippen molar-refractivity contribution in [3.63, 3.8) is 0 Å². The van der Waals surface area contributed by atoms with Crippen LogP contribution in [0.3, 0.4) is 0 Å². The average molecular weight is 417 g/mol. The molecule has 0 aliphatic heterocycles. The van der Waals surface area contributed by atoms with Gasteiger partial charge in [0.15, 0.2) is 0 Å². The number of amides is 2. The van der Waals surface area contributed by atoms with Crippen LogP contribution in [0.25, 0.3) is 0 Å². The number of benzene rings is 3. The van der Waals surface area contributed by atoms with Crippen molar-refractivity contribution >= 4 is 23.7 Å². The van der Waals surface area contributed by atoms with Crippen molar-refractivity contribution in [1.82, 2.24) is 5.43 Å². The van der Waals surface area contributed by atoms with Gasteiger partial charge < -0.3 is 10.4 Å². The van der Waals surface area contributed by atoms with Crippen LogP contribution in [0.4, 0.5) is 10.1 Å². The molecular weight excluding hydrogens is 397 g/mol. The standard InChI is InChI=1S/C24H20FN3O3/c1-2-4-16-5-3-6-19(22(16)29)15-26-28-24(31)18-9-13-21(14-10-18)27-23(30)17-7-11-20(25)12-8-17/h2-3,5-15,29H,1,4H2,(H,27,30)(H,28,31)/b26-15+. The molecule has 31 heavy (non-hydrogen) atoms. The van der Waals surface area contributed by atoms with Crippen molar-refractivity contribution in [1.29, 1.82) is 0 Å². The largest absolute Gasteiger partial charge is 0.507 e. The molecular formula is C24H20FN3O3. The monoisotopic (exact) mass is 417 g/mol. The van der Waals surface area contributed by atoms with E-state index in [1.165, 1.54) is 42.6 Å². The summed E-state index contributed by atoms with van der Waals surface area (Å²) in [5, 5.41) is 16.8. The molecule has 0 atom stereocenters. The lowest BCUT2D eigenvalue weighted by Gasteiger charge is -2.07. The summed E-state index contributed by atoms with van der Waals surface area (Å²) < 4.78 is 13.0. The van der Waals surface area contributed by atoms with Crippen molar-refractivity contribution < 1.29 is 19.1 Å². The summed E-state index contributed by atoms with van der Waals surface area (Å²) in [7, 11) is 0. The molecule has 2 amide bonds. The number of nitrogens with one attached hydrogen (secondary N) is 2. The number of allylic oxidation sites excluding steroid dienone is 1. The summed E-state index contributed by atoms with van der Waals surface area (Å²) >= 11 is 0. The minimum Gasteiger partial charge on any atom is -0.507 e. The van der Waals surface area contributed by atoms with Gasteiger partial charge in [-0.2, -0.15) is 5.10 Å². The van der Waals surface area contributed by atoms with Gasteiger partial charge in [-0.05, 0) is 66.6 Å². The third kappa shape index (κ3) is 5.63. The first-order valence-electron chi connectivity index (χ1n) is 9.40. The number of para-hydroxylation sites is 1. The Labute approximate surface area is 178 Å². The van der Waals surface area contributed by atoms with E-state index in [9.17, 15) is 19.1 Å². The summed E-state index contributed by atoms with van der Waals surface area (Å²) in [5.41, 5.74) is 4.71. The zero-order valence-corrected chi connectivity index (χ0v) is 16.5. The van der Waals surface area contributed by atoms with E-state index in [1.807, 2.05) is 0 Å². The van der Waals surface area contributed by atoms with Crippen LogP contribution in [0.5, 0.6) is 5.75 Å². The summed E-state index contributed by atoms with van der Waals surface area (Å²) in [6.07, 6.45) is 3.56. The van der Waals surface area contributed by atoms with Crippen LogP contribution in [-0.2, 0) is 6.42 Å². The third-order valence-electron chi connectivity index (χ3n) is 4.40. The summed E-state index contributed by atoms with van der Waals surface area (Å²) in [5.74, 6) is -1.18. The number of halogens is 1. The molecule has 7 heteroatoms. The highest BCUT2D eigenvalue weighted by molar-refractivity contribution is 6.04. The molecule has 0 saturated carbocycles. The zero-order chi connectivity index (χ0) is 22.2. The Kier molecular flexibility index (Phi) is 6.90. The highest BCUT2D eigenvalue weighted by Gasteiger charge is 2.09. The summed E-state index contributed by atoms with van der Waals surface area (Å²) in [6, 6.07) is 16.6. The van der Waals surface area contributed by atoms with E-state index < -0.39 is 11.7 Å². The van der Waals surface area contributed by atoms with E-state index in [0.29, 0.717) is 34.4 Å².